The van der Waals surface area contributed by atoms with Crippen LogP contribution in [-0.2, 0) is 19.1 Å². The first-order valence-electron chi connectivity index (χ1n) is 7.11. The maximum absolute atomic E-state index is 11.6. The Morgan fingerprint density at radius 3 is 2.89 bits per heavy atom. The zero-order valence-corrected chi connectivity index (χ0v) is 11.5. The molecule has 0 N–H and O–H groups in total. The fourth-order valence-electron chi connectivity index (χ4n) is 4.01. The van der Waals surface area contributed by atoms with E-state index in [1.165, 1.54) is 24.5 Å². The molecule has 0 aromatic rings. The first kappa shape index (κ1) is 12.7. The molecule has 4 atom stereocenters. The van der Waals surface area contributed by atoms with Gasteiger partial charge < -0.3 is 9.47 Å². The second-order valence-electron chi connectivity index (χ2n) is 5.98. The third kappa shape index (κ3) is 2.17. The highest BCUT2D eigenvalue weighted by Crippen LogP contribution is 2.47. The summed E-state index contributed by atoms with van der Waals surface area (Å²) < 4.78 is 11.0. The number of ether oxygens (including phenoxy) is 2. The summed E-state index contributed by atoms with van der Waals surface area (Å²) in [6, 6.07) is 0. The molecule has 4 heteroatoms. The van der Waals surface area contributed by atoms with Crippen molar-refractivity contribution in [2.24, 2.45) is 11.8 Å². The highest BCUT2D eigenvalue weighted by atomic mass is 16.6. The molecule has 4 nitrogen and oxygen atoms in total. The van der Waals surface area contributed by atoms with E-state index in [4.69, 9.17) is 9.47 Å². The number of carbonyl (C=O) groups is 2. The van der Waals surface area contributed by atoms with E-state index in [-0.39, 0.29) is 30.1 Å². The fourth-order valence-corrected chi connectivity index (χ4v) is 4.01. The van der Waals surface area contributed by atoms with Crippen LogP contribution in [0, 0.1) is 11.8 Å². The summed E-state index contributed by atoms with van der Waals surface area (Å²) in [5.41, 5.74) is 2.78. The van der Waals surface area contributed by atoms with Gasteiger partial charge in [-0.1, -0.05) is 11.1 Å². The maximum Gasteiger partial charge on any atom is 0.306 e. The molecule has 1 saturated heterocycles. The lowest BCUT2D eigenvalue weighted by molar-refractivity contribution is -0.150. The van der Waals surface area contributed by atoms with Crippen molar-refractivity contribution in [1.82, 2.24) is 0 Å². The van der Waals surface area contributed by atoms with Crippen LogP contribution in [-0.4, -0.2) is 24.1 Å². The molecular weight excluding hydrogens is 244 g/mol. The Labute approximate surface area is 113 Å². The van der Waals surface area contributed by atoms with E-state index < -0.39 is 0 Å². The van der Waals surface area contributed by atoms with Gasteiger partial charge in [-0.15, -0.1) is 0 Å². The smallest absolute Gasteiger partial charge is 0.306 e. The Balaban J connectivity index is 1.94. The average Bonchev–Trinajstić information content (AvgIpc) is 2.90. The van der Waals surface area contributed by atoms with Crippen molar-refractivity contribution >= 4 is 11.9 Å². The predicted octanol–water partition coefficient (Wildman–Crippen LogP) is 2.37. The van der Waals surface area contributed by atoms with Gasteiger partial charge in [0.05, 0.1) is 6.42 Å². The van der Waals surface area contributed by atoms with Crippen molar-refractivity contribution in [2.45, 2.75) is 58.2 Å². The summed E-state index contributed by atoms with van der Waals surface area (Å²) in [5, 5.41) is 0. The summed E-state index contributed by atoms with van der Waals surface area (Å²) in [5.74, 6) is -0.0186. The number of fused-ring (bicyclic) bond motifs is 3. The van der Waals surface area contributed by atoms with Gasteiger partial charge in [-0.2, -0.15) is 0 Å². The van der Waals surface area contributed by atoms with Crippen LogP contribution in [0.1, 0.15) is 46.0 Å². The molecule has 0 unspecified atom stereocenters. The van der Waals surface area contributed by atoms with Crippen LogP contribution in [0.5, 0.6) is 0 Å². The zero-order chi connectivity index (χ0) is 13.6. The van der Waals surface area contributed by atoms with Gasteiger partial charge in [-0.25, -0.2) is 0 Å². The van der Waals surface area contributed by atoms with E-state index in [1.54, 1.807) is 0 Å². The van der Waals surface area contributed by atoms with Crippen molar-refractivity contribution < 1.29 is 19.1 Å². The van der Waals surface area contributed by atoms with Crippen LogP contribution in [0.25, 0.3) is 0 Å². The number of carbonyl (C=O) groups excluding carboxylic acids is 2. The van der Waals surface area contributed by atoms with Crippen molar-refractivity contribution in [1.29, 1.82) is 0 Å². The summed E-state index contributed by atoms with van der Waals surface area (Å²) >= 11 is 0. The number of esters is 2. The Hall–Kier alpha value is -1.32. The molecule has 0 aromatic carbocycles. The number of hydrogen-bond donors (Lipinski definition) is 0. The molecule has 104 valence electrons. The van der Waals surface area contributed by atoms with E-state index >= 15 is 0 Å². The summed E-state index contributed by atoms with van der Waals surface area (Å²) in [6.45, 7) is 3.56. The standard InChI is InChI=1S/C15H20O4/c1-8-6-13(18-9(2)16)12-7-14(17)19-15(12)11-5-3-4-10(8)11/h11-13,15H,3-7H2,1-2H3/t11-,12+,13-,15+/m0/s1. The van der Waals surface area contributed by atoms with E-state index in [2.05, 4.69) is 6.92 Å². The Kier molecular flexibility index (Phi) is 3.11. The molecule has 1 aliphatic heterocycles. The average molecular weight is 264 g/mol. The van der Waals surface area contributed by atoms with Crippen molar-refractivity contribution in [3.05, 3.63) is 11.1 Å². The zero-order valence-electron chi connectivity index (χ0n) is 11.5. The molecular formula is C15H20O4. The van der Waals surface area contributed by atoms with Crippen molar-refractivity contribution in [2.75, 3.05) is 0 Å². The van der Waals surface area contributed by atoms with Crippen LogP contribution >= 0.6 is 0 Å². The molecule has 2 fully saturated rings. The lowest BCUT2D eigenvalue weighted by Crippen LogP contribution is -2.34. The van der Waals surface area contributed by atoms with Crippen LogP contribution < -0.4 is 0 Å². The van der Waals surface area contributed by atoms with Crippen LogP contribution in [0.2, 0.25) is 0 Å². The third-order valence-corrected chi connectivity index (χ3v) is 4.75. The van der Waals surface area contributed by atoms with Crippen LogP contribution in [0.4, 0.5) is 0 Å². The Bertz CT molecular complexity index is 451. The molecule has 0 aromatic heterocycles. The second-order valence-corrected chi connectivity index (χ2v) is 5.98. The van der Waals surface area contributed by atoms with Crippen LogP contribution in [0.15, 0.2) is 11.1 Å². The molecule has 0 spiro atoms. The van der Waals surface area contributed by atoms with E-state index in [9.17, 15) is 9.59 Å². The van der Waals surface area contributed by atoms with Gasteiger partial charge in [0.25, 0.3) is 0 Å². The van der Waals surface area contributed by atoms with Gasteiger partial charge in [-0.05, 0) is 26.2 Å². The summed E-state index contributed by atoms with van der Waals surface area (Å²) in [4.78, 5) is 22.9. The van der Waals surface area contributed by atoms with Gasteiger partial charge >= 0.3 is 11.9 Å². The highest BCUT2D eigenvalue weighted by Gasteiger charge is 2.49. The minimum absolute atomic E-state index is 0.0342. The topological polar surface area (TPSA) is 52.6 Å². The SMILES string of the molecule is CC(=O)O[C@H]1CC(C)=C2CCC[C@@H]2[C@H]2OC(=O)C[C@@H]21. The van der Waals surface area contributed by atoms with E-state index in [0.717, 1.165) is 19.3 Å². The molecule has 1 saturated carbocycles. The van der Waals surface area contributed by atoms with Crippen LogP contribution in [0.3, 0.4) is 0 Å². The lowest BCUT2D eigenvalue weighted by atomic mass is 9.86. The first-order valence-corrected chi connectivity index (χ1v) is 7.11. The van der Waals surface area contributed by atoms with Gasteiger partial charge in [0, 0.05) is 25.2 Å². The minimum Gasteiger partial charge on any atom is -0.462 e. The van der Waals surface area contributed by atoms with Crippen molar-refractivity contribution in [3.63, 3.8) is 0 Å². The normalized spacial score (nSPS) is 37.5. The maximum atomic E-state index is 11.6. The number of rotatable bonds is 1. The molecule has 3 aliphatic rings. The van der Waals surface area contributed by atoms with Gasteiger partial charge in [-0.3, -0.25) is 9.59 Å². The van der Waals surface area contributed by atoms with Crippen molar-refractivity contribution in [3.8, 4) is 0 Å². The molecule has 0 bridgehead atoms. The second kappa shape index (κ2) is 4.66. The lowest BCUT2D eigenvalue weighted by Gasteiger charge is -2.26. The Morgan fingerprint density at radius 2 is 2.16 bits per heavy atom. The first-order chi connectivity index (χ1) is 9.06. The van der Waals surface area contributed by atoms with Gasteiger partial charge in [0.2, 0.25) is 0 Å². The minimum atomic E-state index is -0.270. The molecule has 3 rings (SSSR count). The molecule has 0 amide bonds. The quantitative estimate of drug-likeness (QED) is 0.539. The largest absolute Gasteiger partial charge is 0.462 e. The molecule has 2 aliphatic carbocycles. The third-order valence-electron chi connectivity index (χ3n) is 4.75. The predicted molar refractivity (Wildman–Crippen MR) is 68.2 cm³/mol. The fraction of sp³-hybridized carbons (Fsp3) is 0.733. The summed E-state index contributed by atoms with van der Waals surface area (Å²) in [6.07, 6.45) is 4.23. The monoisotopic (exact) mass is 264 g/mol. The number of hydrogen-bond acceptors (Lipinski definition) is 4. The summed E-state index contributed by atoms with van der Waals surface area (Å²) in [7, 11) is 0. The molecule has 19 heavy (non-hydrogen) atoms. The molecule has 0 radical (unpaired) electrons. The highest BCUT2D eigenvalue weighted by molar-refractivity contribution is 5.73. The van der Waals surface area contributed by atoms with Gasteiger partial charge in [0.15, 0.2) is 0 Å². The molecule has 1 heterocycles. The van der Waals surface area contributed by atoms with E-state index in [0.29, 0.717) is 12.3 Å². The van der Waals surface area contributed by atoms with Gasteiger partial charge in [0.1, 0.15) is 12.2 Å². The van der Waals surface area contributed by atoms with E-state index in [1.807, 2.05) is 0 Å². The Morgan fingerprint density at radius 1 is 1.37 bits per heavy atom.